The van der Waals surface area contributed by atoms with Crippen molar-refractivity contribution in [2.45, 2.75) is 12.5 Å². The third kappa shape index (κ3) is 5.21. The maximum Gasteiger partial charge on any atom is 0.263 e. The smallest absolute Gasteiger partial charge is 0.263 e. The lowest BCUT2D eigenvalue weighted by molar-refractivity contribution is 0.303. The van der Waals surface area contributed by atoms with Crippen molar-refractivity contribution < 1.29 is 4.39 Å². The molecule has 2 aromatic heterocycles. The van der Waals surface area contributed by atoms with E-state index in [0.717, 1.165) is 12.0 Å². The van der Waals surface area contributed by atoms with Gasteiger partial charge in [0.25, 0.3) is 5.56 Å². The second-order valence-electron chi connectivity index (χ2n) is 8.45. The van der Waals surface area contributed by atoms with Crippen molar-refractivity contribution in [2.75, 3.05) is 26.0 Å². The highest BCUT2D eigenvalue weighted by Gasteiger charge is 2.19. The Morgan fingerprint density at radius 3 is 2.29 bits per heavy atom. The molecule has 1 atom stereocenters. The number of rotatable bonds is 8. The maximum atomic E-state index is 13.5. The molecule has 0 fully saturated rings. The van der Waals surface area contributed by atoms with E-state index in [9.17, 15) is 9.18 Å². The number of aromatic nitrogens is 3. The van der Waals surface area contributed by atoms with Crippen LogP contribution in [0.25, 0.3) is 22.4 Å². The summed E-state index contributed by atoms with van der Waals surface area (Å²) in [6.45, 7) is 0.605. The number of hydrogen-bond donors (Lipinski definition) is 1. The fourth-order valence-corrected chi connectivity index (χ4v) is 3.89. The molecule has 0 saturated heterocycles. The molecule has 4 aromatic rings. The summed E-state index contributed by atoms with van der Waals surface area (Å²) in [5, 5.41) is 3.39. The highest BCUT2D eigenvalue weighted by atomic mass is 19.1. The molecule has 7 heteroatoms. The fourth-order valence-electron chi connectivity index (χ4n) is 3.89. The van der Waals surface area contributed by atoms with Crippen LogP contribution in [0, 0.1) is 5.82 Å². The van der Waals surface area contributed by atoms with Crippen molar-refractivity contribution in [3.05, 3.63) is 101 Å². The zero-order valence-electron chi connectivity index (χ0n) is 19.6. The largest absolute Gasteiger partial charge is 0.354 e. The van der Waals surface area contributed by atoms with Crippen LogP contribution >= 0.6 is 0 Å². The first-order valence-electron chi connectivity index (χ1n) is 11.2. The van der Waals surface area contributed by atoms with Gasteiger partial charge in [0, 0.05) is 37.6 Å². The lowest BCUT2D eigenvalue weighted by Gasteiger charge is -2.26. The number of benzene rings is 2. The van der Waals surface area contributed by atoms with Gasteiger partial charge in [0.2, 0.25) is 5.95 Å². The zero-order chi connectivity index (χ0) is 24.1. The maximum absolute atomic E-state index is 13.5. The zero-order valence-corrected chi connectivity index (χ0v) is 19.6. The van der Waals surface area contributed by atoms with Gasteiger partial charge in [0.1, 0.15) is 5.82 Å². The van der Waals surface area contributed by atoms with Gasteiger partial charge >= 0.3 is 0 Å². The predicted molar refractivity (Wildman–Crippen MR) is 134 cm³/mol. The van der Waals surface area contributed by atoms with Gasteiger partial charge in [-0.25, -0.2) is 9.37 Å². The van der Waals surface area contributed by atoms with Gasteiger partial charge in [-0.15, -0.1) is 0 Å². The van der Waals surface area contributed by atoms with Gasteiger partial charge in [-0.2, -0.15) is 0 Å². The fraction of sp³-hybridized carbons (Fsp3) is 0.222. The Morgan fingerprint density at radius 2 is 1.65 bits per heavy atom. The lowest BCUT2D eigenvalue weighted by atomic mass is 10.0. The van der Waals surface area contributed by atoms with Gasteiger partial charge in [0.05, 0.1) is 11.3 Å². The molecule has 0 amide bonds. The van der Waals surface area contributed by atoms with Crippen LogP contribution in [0.2, 0.25) is 0 Å². The third-order valence-electron chi connectivity index (χ3n) is 5.92. The van der Waals surface area contributed by atoms with E-state index in [1.165, 1.54) is 22.3 Å². The van der Waals surface area contributed by atoms with E-state index in [2.05, 4.69) is 27.3 Å². The van der Waals surface area contributed by atoms with Crippen molar-refractivity contribution >= 4 is 5.95 Å². The summed E-state index contributed by atoms with van der Waals surface area (Å²) in [5.41, 5.74) is 3.37. The minimum absolute atomic E-state index is 0.195. The highest BCUT2D eigenvalue weighted by Crippen LogP contribution is 2.28. The summed E-state index contributed by atoms with van der Waals surface area (Å²) >= 11 is 0. The first-order valence-corrected chi connectivity index (χ1v) is 11.2. The van der Waals surface area contributed by atoms with Crippen LogP contribution in [0.1, 0.15) is 5.56 Å². The molecule has 0 saturated carbocycles. The van der Waals surface area contributed by atoms with E-state index in [4.69, 9.17) is 4.98 Å². The van der Waals surface area contributed by atoms with E-state index >= 15 is 0 Å². The normalized spacial score (nSPS) is 12.0. The van der Waals surface area contributed by atoms with Crippen LogP contribution in [0.5, 0.6) is 0 Å². The predicted octanol–water partition coefficient (Wildman–Crippen LogP) is 4.23. The van der Waals surface area contributed by atoms with Crippen LogP contribution in [-0.4, -0.2) is 46.1 Å². The third-order valence-corrected chi connectivity index (χ3v) is 5.92. The Morgan fingerprint density at radius 1 is 0.971 bits per heavy atom. The summed E-state index contributed by atoms with van der Waals surface area (Å²) in [5.74, 6) is 0.119. The molecule has 0 radical (unpaired) electrons. The van der Waals surface area contributed by atoms with E-state index in [1.807, 2.05) is 44.4 Å². The number of hydrogen-bond acceptors (Lipinski definition) is 5. The number of halogens is 1. The summed E-state index contributed by atoms with van der Waals surface area (Å²) < 4.78 is 15.1. The standard InChI is InChI=1S/C27H28FN5O/c1-32(2)23(17-19-7-5-4-6-8-19)18-30-27-31-25(21-13-15-29-16-14-21)24(26(34)33(27)3)20-9-11-22(28)12-10-20/h4-16,23H,17-18H2,1-3H3,(H,30,31). The Labute approximate surface area is 198 Å². The molecule has 174 valence electrons. The Kier molecular flexibility index (Phi) is 7.13. The molecule has 2 heterocycles. The molecule has 0 aliphatic rings. The van der Waals surface area contributed by atoms with Gasteiger partial charge in [-0.05, 0) is 55.9 Å². The molecule has 6 nitrogen and oxygen atoms in total. The molecule has 0 aliphatic heterocycles. The van der Waals surface area contributed by atoms with Crippen molar-refractivity contribution in [1.29, 1.82) is 0 Å². The van der Waals surface area contributed by atoms with Crippen molar-refractivity contribution in [1.82, 2.24) is 19.4 Å². The summed E-state index contributed by atoms with van der Waals surface area (Å²) in [7, 11) is 5.78. The van der Waals surface area contributed by atoms with E-state index in [-0.39, 0.29) is 17.4 Å². The lowest BCUT2D eigenvalue weighted by Crippen LogP contribution is -2.37. The van der Waals surface area contributed by atoms with Crippen molar-refractivity contribution in [3.8, 4) is 22.4 Å². The number of nitrogens with one attached hydrogen (secondary N) is 1. The van der Waals surface area contributed by atoms with E-state index < -0.39 is 0 Å². The molecule has 34 heavy (non-hydrogen) atoms. The molecule has 1 unspecified atom stereocenters. The summed E-state index contributed by atoms with van der Waals surface area (Å²) in [6, 6.07) is 20.0. The number of likely N-dealkylation sites (N-methyl/N-ethyl adjacent to an activating group) is 1. The molecular formula is C27H28FN5O. The number of pyridine rings is 1. The Bertz CT molecular complexity index is 1290. The second kappa shape index (κ2) is 10.4. The van der Waals surface area contributed by atoms with Gasteiger partial charge in [-0.1, -0.05) is 42.5 Å². The average Bonchev–Trinajstić information content (AvgIpc) is 2.85. The highest BCUT2D eigenvalue weighted by molar-refractivity contribution is 5.80. The average molecular weight is 458 g/mol. The summed E-state index contributed by atoms with van der Waals surface area (Å²) in [6.07, 6.45) is 4.19. The van der Waals surface area contributed by atoms with Gasteiger partial charge in [-0.3, -0.25) is 14.3 Å². The van der Waals surface area contributed by atoms with E-state index in [0.29, 0.717) is 29.3 Å². The topological polar surface area (TPSA) is 63.0 Å². The van der Waals surface area contributed by atoms with Gasteiger partial charge < -0.3 is 10.2 Å². The van der Waals surface area contributed by atoms with Crippen LogP contribution in [0.3, 0.4) is 0 Å². The molecule has 4 rings (SSSR count). The Balaban J connectivity index is 1.71. The van der Waals surface area contributed by atoms with Crippen LogP contribution in [-0.2, 0) is 13.5 Å². The van der Waals surface area contributed by atoms with E-state index in [1.54, 1.807) is 31.6 Å². The van der Waals surface area contributed by atoms with Crippen LogP contribution in [0.15, 0.2) is 83.9 Å². The molecule has 1 N–H and O–H groups in total. The van der Waals surface area contributed by atoms with Crippen LogP contribution < -0.4 is 10.9 Å². The SMILES string of the molecule is CN(C)C(CNc1nc(-c2ccncc2)c(-c2ccc(F)cc2)c(=O)n1C)Cc1ccccc1. The quantitative estimate of drug-likeness (QED) is 0.429. The molecule has 0 spiro atoms. The number of anilines is 1. The monoisotopic (exact) mass is 457 g/mol. The molecule has 0 bridgehead atoms. The second-order valence-corrected chi connectivity index (χ2v) is 8.45. The minimum atomic E-state index is -0.356. The van der Waals surface area contributed by atoms with Crippen molar-refractivity contribution in [3.63, 3.8) is 0 Å². The minimum Gasteiger partial charge on any atom is -0.354 e. The first kappa shape index (κ1) is 23.3. The van der Waals surface area contributed by atoms with Gasteiger partial charge in [0.15, 0.2) is 0 Å². The Hall–Kier alpha value is -3.84. The van der Waals surface area contributed by atoms with Crippen LogP contribution in [0.4, 0.5) is 10.3 Å². The molecule has 0 aliphatic carbocycles. The van der Waals surface area contributed by atoms with Crippen molar-refractivity contribution in [2.24, 2.45) is 7.05 Å². The molecule has 2 aromatic carbocycles. The first-order chi connectivity index (χ1) is 16.4. The molecular weight excluding hydrogens is 429 g/mol. The number of nitrogens with zero attached hydrogens (tertiary/aromatic N) is 4. The summed E-state index contributed by atoms with van der Waals surface area (Å²) in [4.78, 5) is 24.6.